The van der Waals surface area contributed by atoms with Crippen LogP contribution in [0, 0.1) is 23.7 Å². The van der Waals surface area contributed by atoms with E-state index >= 15 is 0 Å². The molecule has 0 amide bonds. The normalized spacial score (nSPS) is 36.3. The summed E-state index contributed by atoms with van der Waals surface area (Å²) >= 11 is 0. The van der Waals surface area contributed by atoms with Crippen molar-refractivity contribution in [3.05, 3.63) is 45.7 Å². The summed E-state index contributed by atoms with van der Waals surface area (Å²) in [5.74, 6) is -6.21. The maximum Gasteiger partial charge on any atom is 0.341 e. The number of esters is 2. The van der Waals surface area contributed by atoms with Gasteiger partial charge in [-0.1, -0.05) is 38.9 Å². The van der Waals surface area contributed by atoms with Gasteiger partial charge in [0.1, 0.15) is 29.0 Å². The lowest BCUT2D eigenvalue weighted by molar-refractivity contribution is -0.318. The van der Waals surface area contributed by atoms with E-state index in [1.807, 2.05) is 32.0 Å². The minimum Gasteiger partial charge on any atom is -0.477 e. The highest BCUT2D eigenvalue weighted by Gasteiger charge is 2.54. The van der Waals surface area contributed by atoms with Crippen molar-refractivity contribution in [3.63, 3.8) is 0 Å². The molecule has 0 bridgehead atoms. The first-order chi connectivity index (χ1) is 37.4. The van der Waals surface area contributed by atoms with Crippen LogP contribution in [0.4, 0.5) is 0 Å². The number of aliphatic hydroxyl groups is 4. The number of nitrogens with one attached hydrogen (secondary N) is 1. The highest BCUT2D eigenvalue weighted by atomic mass is 16.7. The number of aliphatic hydroxyl groups excluding tert-OH is 2. The van der Waals surface area contributed by atoms with E-state index in [1.165, 1.54) is 27.3 Å². The minimum absolute atomic E-state index is 0.00744. The number of ether oxygens (including phenoxy) is 8. The molecule has 2 aromatic rings. The Bertz CT molecular complexity index is 2470. The number of carboxylic acids is 1. The Morgan fingerprint density at radius 1 is 0.925 bits per heavy atom. The number of pyridine rings is 1. The number of nitrogens with zero attached hydrogens (tertiary/aromatic N) is 4. The Kier molecular flexibility index (Phi) is 23.5. The number of fused-ring (bicyclic) bond motifs is 1. The third kappa shape index (κ3) is 15.6. The highest BCUT2D eigenvalue weighted by molar-refractivity contribution is 5.93. The molecule has 0 radical (unpaired) electrons. The van der Waals surface area contributed by atoms with E-state index in [0.29, 0.717) is 43.3 Å². The van der Waals surface area contributed by atoms with Gasteiger partial charge in [0.2, 0.25) is 12.2 Å². The zero-order chi connectivity index (χ0) is 59.8. The number of carboxylic acid groups (broad SMARTS) is 1. The number of cyclic esters (lactones) is 1. The number of aryl methyl sites for hydroxylation is 1. The van der Waals surface area contributed by atoms with Crippen LogP contribution in [0.2, 0.25) is 0 Å². The summed E-state index contributed by atoms with van der Waals surface area (Å²) in [5.41, 5.74) is -4.17. The van der Waals surface area contributed by atoms with E-state index in [4.69, 9.17) is 42.7 Å². The second kappa shape index (κ2) is 28.3. The van der Waals surface area contributed by atoms with Crippen molar-refractivity contribution in [2.24, 2.45) is 28.8 Å². The summed E-state index contributed by atoms with van der Waals surface area (Å²) in [4.78, 5) is 60.5. The highest BCUT2D eigenvalue weighted by Crippen LogP contribution is 2.42. The van der Waals surface area contributed by atoms with Crippen molar-refractivity contribution in [1.82, 2.24) is 14.9 Å². The molecule has 18 atom stereocenters. The van der Waals surface area contributed by atoms with Crippen LogP contribution in [0.15, 0.2) is 34.3 Å². The first-order valence-electron chi connectivity index (χ1n) is 28.0. The topological polar surface area (TPSA) is 288 Å². The lowest BCUT2D eigenvalue weighted by Gasteiger charge is -2.49. The van der Waals surface area contributed by atoms with E-state index in [1.54, 1.807) is 91.3 Å². The lowest BCUT2D eigenvalue weighted by atomic mass is 9.73. The standard InChI is InChI=1S/C57H93N5O18/c1-17-42-57(10,71)49(66)33(4)45(59-74-30-72-15)31(2)27-55(8,70)50(80-54-47(65)41(60(11)12)25-32(3)75-54)34(5)48(35(6)53(69)77-42)79-44-28-56(9,73-16)51(36(7)76-44)78-43(63)22-24-58-23-18-19-37-20-21-40-38(26-37)46(64)39(52(67)68)29-62(40)61(13)14/h20-21,26,29,31-36,41-42,44,47-51,54,58,65-66,70-71H,17-19,22-25,27-28,30H2,1-16H3,(H,67,68)/t31-,32-,33+,34+,35-,36+,41+,42-,44+,47-,48+,49-,50-,51+,54+,55-,56-,57-/m1/s1. The number of oxime groups is 1. The first kappa shape index (κ1) is 66.4. The average Bonchev–Trinajstić information content (AvgIpc) is 3.39. The van der Waals surface area contributed by atoms with Crippen molar-refractivity contribution in [3.8, 4) is 0 Å². The molecule has 3 saturated heterocycles. The van der Waals surface area contributed by atoms with Crippen LogP contribution < -0.4 is 15.8 Å². The number of likely N-dealkylation sites (N-methyl/N-ethyl adjacent to an activating group) is 1. The van der Waals surface area contributed by atoms with Gasteiger partial charge in [0.25, 0.3) is 0 Å². The van der Waals surface area contributed by atoms with Crippen LogP contribution >= 0.6 is 0 Å². The molecule has 3 fully saturated rings. The van der Waals surface area contributed by atoms with E-state index in [-0.39, 0.29) is 55.9 Å². The quantitative estimate of drug-likeness (QED) is 0.0478. The van der Waals surface area contributed by atoms with Gasteiger partial charge in [0, 0.05) is 76.7 Å². The van der Waals surface area contributed by atoms with Crippen LogP contribution in [0.5, 0.6) is 0 Å². The Hall–Kier alpha value is -4.37. The molecule has 454 valence electrons. The second-order valence-corrected chi connectivity index (χ2v) is 23.4. The van der Waals surface area contributed by atoms with E-state index in [9.17, 15) is 44.7 Å². The molecule has 0 aliphatic carbocycles. The third-order valence-electron chi connectivity index (χ3n) is 16.5. The van der Waals surface area contributed by atoms with Crippen LogP contribution in [0.25, 0.3) is 10.9 Å². The van der Waals surface area contributed by atoms with Crippen molar-refractivity contribution in [2.75, 3.05) is 67.3 Å². The predicted octanol–water partition coefficient (Wildman–Crippen LogP) is 3.57. The zero-order valence-electron chi connectivity index (χ0n) is 49.9. The largest absolute Gasteiger partial charge is 0.477 e. The Balaban J connectivity index is 1.37. The van der Waals surface area contributed by atoms with Crippen LogP contribution in [0.3, 0.4) is 0 Å². The molecular weight excluding hydrogens is 1040 g/mol. The molecule has 23 nitrogen and oxygen atoms in total. The number of aromatic carboxylic acids is 1. The van der Waals surface area contributed by atoms with E-state index < -0.39 is 119 Å². The Morgan fingerprint density at radius 3 is 2.23 bits per heavy atom. The molecular formula is C57H93N5O18. The second-order valence-electron chi connectivity index (χ2n) is 23.4. The molecule has 5 rings (SSSR count). The van der Waals surface area contributed by atoms with Crippen molar-refractivity contribution < 1.29 is 82.6 Å². The molecule has 4 heterocycles. The van der Waals surface area contributed by atoms with Crippen molar-refractivity contribution in [2.45, 2.75) is 198 Å². The summed E-state index contributed by atoms with van der Waals surface area (Å²) in [6, 6.07) is 5.05. The zero-order valence-corrected chi connectivity index (χ0v) is 49.9. The molecule has 0 spiro atoms. The van der Waals surface area contributed by atoms with Gasteiger partial charge in [-0.25, -0.2) is 4.79 Å². The number of hydrogen-bond donors (Lipinski definition) is 6. The first-order valence-corrected chi connectivity index (χ1v) is 28.0. The Morgan fingerprint density at radius 2 is 1.61 bits per heavy atom. The van der Waals surface area contributed by atoms with Gasteiger partial charge in [-0.3, -0.25) is 19.1 Å². The van der Waals surface area contributed by atoms with Gasteiger partial charge in [-0.05, 0) is 112 Å². The van der Waals surface area contributed by atoms with Crippen LogP contribution in [-0.4, -0.2) is 205 Å². The van der Waals surface area contributed by atoms with Crippen molar-refractivity contribution >= 4 is 34.5 Å². The van der Waals surface area contributed by atoms with Gasteiger partial charge in [0.15, 0.2) is 18.7 Å². The van der Waals surface area contributed by atoms with Crippen LogP contribution in [-0.2, 0) is 58.7 Å². The lowest BCUT2D eigenvalue weighted by Crippen LogP contribution is -2.61. The van der Waals surface area contributed by atoms with Gasteiger partial charge in [-0.2, -0.15) is 0 Å². The predicted molar refractivity (Wildman–Crippen MR) is 297 cm³/mol. The number of carbonyl (C=O) groups is 3. The monoisotopic (exact) mass is 1140 g/mol. The number of methoxy groups -OCH3 is 2. The van der Waals surface area contributed by atoms with E-state index in [2.05, 4.69) is 10.5 Å². The molecule has 0 unspecified atom stereocenters. The molecule has 1 aromatic carbocycles. The molecule has 23 heteroatoms. The number of carbonyl (C=O) groups excluding carboxylic acids is 2. The fourth-order valence-corrected chi connectivity index (χ4v) is 11.9. The van der Waals surface area contributed by atoms with Gasteiger partial charge < -0.3 is 83.5 Å². The summed E-state index contributed by atoms with van der Waals surface area (Å²) < 4.78 is 51.6. The van der Waals surface area contributed by atoms with Crippen LogP contribution in [0.1, 0.15) is 124 Å². The molecule has 6 N–H and O–H groups in total. The number of hydrogen-bond acceptors (Lipinski definition) is 21. The van der Waals surface area contributed by atoms with Gasteiger partial charge >= 0.3 is 17.9 Å². The summed E-state index contributed by atoms with van der Waals surface area (Å²) in [6.45, 7) is 17.5. The number of rotatable bonds is 20. The minimum atomic E-state index is -2.01. The molecule has 3 aliphatic heterocycles. The number of aromatic nitrogens is 1. The smallest absolute Gasteiger partial charge is 0.341 e. The fourth-order valence-electron chi connectivity index (χ4n) is 11.9. The maximum atomic E-state index is 14.6. The number of benzene rings is 1. The fraction of sp³-hybridized carbons (Fsp3) is 0.772. The van der Waals surface area contributed by atoms with Gasteiger partial charge in [-0.15, -0.1) is 0 Å². The molecule has 1 aromatic heterocycles. The Labute approximate surface area is 471 Å². The van der Waals surface area contributed by atoms with Gasteiger partial charge in [0.05, 0.1) is 59.7 Å². The van der Waals surface area contributed by atoms with E-state index in [0.717, 1.165) is 5.56 Å². The summed E-state index contributed by atoms with van der Waals surface area (Å²) in [5, 5.41) is 68.1. The average molecular weight is 1140 g/mol. The summed E-state index contributed by atoms with van der Waals surface area (Å²) in [7, 11) is 10.1. The SMILES string of the molecule is CC[C@H]1OC(=O)[C@H](C)[C@@H](O[C@H]2C[C@@](C)(OC)[C@@H](OC(=O)CCNCCCc3ccc4c(c3)c(=O)c(C(=O)O)cn4N(C)C)[C@H](C)O2)[C@H](C)[C@@H](O[C@@H]2O[C@H](C)C[C@H](N(C)C)[C@H]2O)[C@](C)(O)C[C@@H](C)C(=NOCOC)[C@H](C)[C@@H](O)[C@]1(C)O. The maximum absolute atomic E-state index is 14.6. The molecule has 0 saturated carbocycles. The molecule has 3 aliphatic rings. The third-order valence-corrected chi connectivity index (χ3v) is 16.5. The van der Waals surface area contributed by atoms with Crippen molar-refractivity contribution in [1.29, 1.82) is 0 Å². The molecule has 80 heavy (non-hydrogen) atoms. The summed E-state index contributed by atoms with van der Waals surface area (Å²) in [6.07, 6.45) is -7.65.